The highest BCUT2D eigenvalue weighted by Crippen LogP contribution is 2.35. The van der Waals surface area contributed by atoms with Crippen LogP contribution in [0.4, 0.5) is 4.39 Å². The first kappa shape index (κ1) is 25.6. The van der Waals surface area contributed by atoms with Gasteiger partial charge in [0.1, 0.15) is 12.7 Å². The molecule has 7 nitrogen and oxygen atoms in total. The van der Waals surface area contributed by atoms with Crippen molar-refractivity contribution in [2.75, 3.05) is 6.67 Å². The monoisotopic (exact) mass is 508 g/mol. The van der Waals surface area contributed by atoms with E-state index in [0.717, 1.165) is 10.8 Å². The number of nitrogens with zero attached hydrogens (tertiary/aromatic N) is 1. The maximum atomic E-state index is 13.5. The third kappa shape index (κ3) is 5.23. The smallest absolute Gasteiger partial charge is 0.305 e. The van der Waals surface area contributed by atoms with Crippen molar-refractivity contribution in [3.8, 4) is 0 Å². The lowest BCUT2D eigenvalue weighted by Gasteiger charge is -2.23. The number of alkyl halides is 1. The van der Waals surface area contributed by atoms with Crippen LogP contribution in [0.25, 0.3) is 21.8 Å². The van der Waals surface area contributed by atoms with Crippen LogP contribution in [0.3, 0.4) is 0 Å². The average molecular weight is 509 g/mol. The molecular weight excluding hydrogens is 486 g/mol. The number of carboxylic acid groups (broad SMARTS) is 1. The molecule has 2 unspecified atom stereocenters. The molecule has 3 rings (SSSR count). The second-order valence-corrected chi connectivity index (χ2v) is 9.16. The lowest BCUT2D eigenvalue weighted by molar-refractivity contribution is -0.140. The molecule has 3 aromatic rings. The molecule has 10 heteroatoms. The highest BCUT2D eigenvalue weighted by atomic mass is 35.5. The quantitative estimate of drug-likeness (QED) is 0.427. The van der Waals surface area contributed by atoms with Gasteiger partial charge in [0.25, 0.3) is 0 Å². The minimum Gasteiger partial charge on any atom is -0.481 e. The first-order valence-corrected chi connectivity index (χ1v) is 11.3. The maximum absolute atomic E-state index is 13.5. The van der Waals surface area contributed by atoms with Crippen LogP contribution in [-0.4, -0.2) is 46.0 Å². The normalized spacial score (nSPS) is 13.2. The van der Waals surface area contributed by atoms with Gasteiger partial charge in [-0.15, -0.1) is 0 Å². The summed E-state index contributed by atoms with van der Waals surface area (Å²) in [4.78, 5) is 49.3. The molecule has 0 radical (unpaired) electrons. The molecular formula is C24H23Cl2FN2O5. The molecule has 1 heterocycles. The van der Waals surface area contributed by atoms with E-state index in [2.05, 4.69) is 5.32 Å². The number of halogens is 3. The van der Waals surface area contributed by atoms with Crippen LogP contribution < -0.4 is 5.32 Å². The van der Waals surface area contributed by atoms with E-state index >= 15 is 0 Å². The zero-order chi connectivity index (χ0) is 25.2. The Morgan fingerprint density at radius 1 is 1.00 bits per heavy atom. The first-order chi connectivity index (χ1) is 16.0. The van der Waals surface area contributed by atoms with Gasteiger partial charge in [0.2, 0.25) is 11.8 Å². The summed E-state index contributed by atoms with van der Waals surface area (Å²) in [5.41, 5.74) is 1.14. The summed E-state index contributed by atoms with van der Waals surface area (Å²) in [6, 6.07) is 8.97. The van der Waals surface area contributed by atoms with Gasteiger partial charge in [-0.2, -0.15) is 0 Å². The van der Waals surface area contributed by atoms with E-state index in [1.54, 1.807) is 38.1 Å². The number of benzene rings is 2. The van der Waals surface area contributed by atoms with E-state index in [1.807, 2.05) is 12.1 Å². The van der Waals surface area contributed by atoms with E-state index in [0.29, 0.717) is 16.1 Å². The Balaban J connectivity index is 1.97. The standard InChI is InChI=1S/C24H23Cl2FN2O5/c1-12(2)14(24(34)28-18(10-23(32)33)21(30)11-27)8-22(31)29-19-6-4-3-5-13(19)15-7-16(25)17(26)9-20(15)29/h3-7,9,12,14,18H,8,10-11H2,1-2H3,(H,28,34)(H,32,33). The first-order valence-electron chi connectivity index (χ1n) is 10.6. The molecule has 2 aromatic carbocycles. The fourth-order valence-corrected chi connectivity index (χ4v) is 4.26. The summed E-state index contributed by atoms with van der Waals surface area (Å²) in [6.45, 7) is 2.04. The summed E-state index contributed by atoms with van der Waals surface area (Å²) in [5.74, 6) is -4.72. The SMILES string of the molecule is CC(C)C(CC(=O)n1c2ccccc2c2cc(Cl)c(Cl)cc21)C(=O)NC(CC(=O)O)C(=O)CF. The molecule has 0 aliphatic heterocycles. The van der Waals surface area contributed by atoms with Gasteiger partial charge in [-0.05, 0) is 24.1 Å². The highest BCUT2D eigenvalue weighted by Gasteiger charge is 2.31. The maximum Gasteiger partial charge on any atom is 0.305 e. The van der Waals surface area contributed by atoms with Crippen LogP contribution in [0.15, 0.2) is 36.4 Å². The van der Waals surface area contributed by atoms with Crippen molar-refractivity contribution in [3.05, 3.63) is 46.4 Å². The van der Waals surface area contributed by atoms with Gasteiger partial charge < -0.3 is 10.4 Å². The fraction of sp³-hybridized carbons (Fsp3) is 0.333. The zero-order valence-corrected chi connectivity index (χ0v) is 20.0. The van der Waals surface area contributed by atoms with Crippen LogP contribution in [0, 0.1) is 11.8 Å². The molecule has 1 aromatic heterocycles. The number of Topliss-reactive ketones (excluding diaryl/α,β-unsaturated/α-hetero) is 1. The van der Waals surface area contributed by atoms with E-state index < -0.39 is 48.6 Å². The van der Waals surface area contributed by atoms with Crippen LogP contribution in [-0.2, 0) is 14.4 Å². The predicted molar refractivity (Wildman–Crippen MR) is 128 cm³/mol. The molecule has 2 N–H and O–H groups in total. The number of fused-ring (bicyclic) bond motifs is 3. The van der Waals surface area contributed by atoms with E-state index in [1.165, 1.54) is 4.57 Å². The molecule has 0 saturated heterocycles. The van der Waals surface area contributed by atoms with Gasteiger partial charge in [-0.3, -0.25) is 23.7 Å². The van der Waals surface area contributed by atoms with Crippen molar-refractivity contribution in [1.82, 2.24) is 9.88 Å². The number of nitrogens with one attached hydrogen (secondary N) is 1. The summed E-state index contributed by atoms with van der Waals surface area (Å²) in [5, 5.41) is 13.4. The predicted octanol–water partition coefficient (Wildman–Crippen LogP) is 4.90. The molecule has 1 amide bonds. The van der Waals surface area contributed by atoms with Crippen molar-refractivity contribution in [2.45, 2.75) is 32.7 Å². The number of hydrogen-bond acceptors (Lipinski definition) is 4. The molecule has 0 spiro atoms. The number of amides is 1. The summed E-state index contributed by atoms with van der Waals surface area (Å²) < 4.78 is 14.3. The third-order valence-corrected chi connectivity index (χ3v) is 6.44. The van der Waals surface area contributed by atoms with Gasteiger partial charge in [0.05, 0.1) is 27.5 Å². The Labute approximate surface area is 204 Å². The molecule has 2 atom stereocenters. The molecule has 180 valence electrons. The van der Waals surface area contributed by atoms with E-state index in [-0.39, 0.29) is 17.4 Å². The highest BCUT2D eigenvalue weighted by molar-refractivity contribution is 6.43. The number of hydrogen-bond donors (Lipinski definition) is 2. The van der Waals surface area contributed by atoms with Gasteiger partial charge in [0, 0.05) is 23.1 Å². The van der Waals surface area contributed by atoms with Crippen LogP contribution in [0.2, 0.25) is 10.0 Å². The van der Waals surface area contributed by atoms with E-state index in [9.17, 15) is 23.6 Å². The van der Waals surface area contributed by atoms with Crippen LogP contribution in [0.1, 0.15) is 31.5 Å². The second kappa shape index (κ2) is 10.5. The Kier molecular flexibility index (Phi) is 7.94. The lowest BCUT2D eigenvalue weighted by atomic mass is 9.90. The van der Waals surface area contributed by atoms with Gasteiger partial charge >= 0.3 is 5.97 Å². The number of aliphatic carboxylic acids is 1. The average Bonchev–Trinajstić information content (AvgIpc) is 3.09. The van der Waals surface area contributed by atoms with Crippen molar-refractivity contribution in [2.24, 2.45) is 11.8 Å². The number of ketones is 1. The number of carbonyl (C=O) groups is 4. The van der Waals surface area contributed by atoms with Crippen molar-refractivity contribution in [1.29, 1.82) is 0 Å². The topological polar surface area (TPSA) is 105 Å². The summed E-state index contributed by atoms with van der Waals surface area (Å²) in [6.07, 6.45) is -0.986. The van der Waals surface area contributed by atoms with Gasteiger partial charge in [0.15, 0.2) is 5.78 Å². The minimum absolute atomic E-state index is 0.235. The summed E-state index contributed by atoms with van der Waals surface area (Å²) >= 11 is 12.4. The third-order valence-electron chi connectivity index (χ3n) is 5.72. The Bertz CT molecular complexity index is 1290. The van der Waals surface area contributed by atoms with Gasteiger partial charge in [-0.1, -0.05) is 55.2 Å². The van der Waals surface area contributed by atoms with Crippen LogP contribution in [0.5, 0.6) is 0 Å². The second-order valence-electron chi connectivity index (χ2n) is 8.34. The number of rotatable bonds is 9. The molecule has 0 fully saturated rings. The molecule has 0 aliphatic rings. The minimum atomic E-state index is -1.51. The van der Waals surface area contributed by atoms with Crippen molar-refractivity contribution < 1.29 is 28.7 Å². The zero-order valence-electron chi connectivity index (χ0n) is 18.5. The van der Waals surface area contributed by atoms with Crippen LogP contribution >= 0.6 is 23.2 Å². The fourth-order valence-electron chi connectivity index (χ4n) is 3.93. The number of carboxylic acids is 1. The lowest BCUT2D eigenvalue weighted by Crippen LogP contribution is -2.47. The number of para-hydroxylation sites is 1. The van der Waals surface area contributed by atoms with Crippen molar-refractivity contribution >= 4 is 68.6 Å². The Morgan fingerprint density at radius 2 is 1.65 bits per heavy atom. The Hall–Kier alpha value is -2.97. The van der Waals surface area contributed by atoms with E-state index in [4.69, 9.17) is 28.3 Å². The largest absolute Gasteiger partial charge is 0.481 e. The molecule has 0 saturated carbocycles. The Morgan fingerprint density at radius 3 is 2.26 bits per heavy atom. The van der Waals surface area contributed by atoms with Gasteiger partial charge in [-0.25, -0.2) is 4.39 Å². The molecule has 34 heavy (non-hydrogen) atoms. The molecule has 0 bridgehead atoms. The number of carbonyl (C=O) groups excluding carboxylic acids is 3. The summed E-state index contributed by atoms with van der Waals surface area (Å²) in [7, 11) is 0. The molecule has 0 aliphatic carbocycles. The van der Waals surface area contributed by atoms with Crippen molar-refractivity contribution in [3.63, 3.8) is 0 Å². The number of aromatic nitrogens is 1.